The molecule has 20 heavy (non-hydrogen) atoms. The minimum absolute atomic E-state index is 0.121. The molecule has 0 atom stereocenters. The van der Waals surface area contributed by atoms with Gasteiger partial charge in [0.2, 0.25) is 5.91 Å². The Kier molecular flexibility index (Phi) is 7.02. The van der Waals surface area contributed by atoms with Gasteiger partial charge in [-0.15, -0.1) is 0 Å². The van der Waals surface area contributed by atoms with Crippen molar-refractivity contribution in [3.8, 4) is 0 Å². The Morgan fingerprint density at radius 1 is 1.15 bits per heavy atom. The summed E-state index contributed by atoms with van der Waals surface area (Å²) in [6.07, 6.45) is 4.46. The van der Waals surface area contributed by atoms with Crippen molar-refractivity contribution in [2.75, 3.05) is 13.1 Å². The first-order chi connectivity index (χ1) is 9.58. The number of hydrogen-bond acceptors (Lipinski definition) is 2. The van der Waals surface area contributed by atoms with E-state index in [2.05, 4.69) is 0 Å². The molecule has 0 fully saturated rings. The van der Waals surface area contributed by atoms with Crippen molar-refractivity contribution in [2.24, 2.45) is 0 Å². The summed E-state index contributed by atoms with van der Waals surface area (Å²) in [7, 11) is 0. The molecule has 0 aliphatic rings. The number of benzene rings is 1. The Morgan fingerprint density at radius 2 is 1.80 bits per heavy atom. The summed E-state index contributed by atoms with van der Waals surface area (Å²) >= 11 is 5.83. The topological polar surface area (TPSA) is 37.4 Å². The number of amides is 1. The van der Waals surface area contributed by atoms with Crippen molar-refractivity contribution in [3.63, 3.8) is 0 Å². The Balaban J connectivity index is 2.70. The molecule has 108 valence electrons. The van der Waals surface area contributed by atoms with Crippen LogP contribution in [0.1, 0.15) is 37.0 Å². The minimum Gasteiger partial charge on any atom is -0.339 e. The number of rotatable bonds is 7. The summed E-state index contributed by atoms with van der Waals surface area (Å²) in [6.45, 7) is 5.47. The maximum Gasteiger partial charge on any atom is 0.246 e. The fourth-order valence-electron chi connectivity index (χ4n) is 1.86. The SMILES string of the molecule is CCCN(CCC)C(=O)/C=C/C(=O)c1cccc(Cl)c1. The standard InChI is InChI=1S/C16H20ClNO2/c1-3-10-18(11-4-2)16(20)9-8-15(19)13-6-5-7-14(17)12-13/h5-9,12H,3-4,10-11H2,1-2H3/b9-8+. The number of hydrogen-bond donors (Lipinski definition) is 0. The molecule has 0 heterocycles. The van der Waals surface area contributed by atoms with Crippen molar-refractivity contribution < 1.29 is 9.59 Å². The number of allylic oxidation sites excluding steroid dienone is 1. The van der Waals surface area contributed by atoms with Crippen LogP contribution < -0.4 is 0 Å². The molecule has 0 bridgehead atoms. The predicted octanol–water partition coefficient (Wildman–Crippen LogP) is 3.73. The second-order valence-electron chi connectivity index (χ2n) is 4.53. The number of halogens is 1. The van der Waals surface area contributed by atoms with Crippen LogP contribution in [0.15, 0.2) is 36.4 Å². The normalized spacial score (nSPS) is 10.8. The van der Waals surface area contributed by atoms with Crippen LogP contribution in [0.5, 0.6) is 0 Å². The maximum absolute atomic E-state index is 12.0. The number of carbonyl (C=O) groups excluding carboxylic acids is 2. The third kappa shape index (κ3) is 5.17. The summed E-state index contributed by atoms with van der Waals surface area (Å²) in [6, 6.07) is 6.69. The van der Waals surface area contributed by atoms with Crippen LogP contribution in [-0.4, -0.2) is 29.7 Å². The fraction of sp³-hybridized carbons (Fsp3) is 0.375. The summed E-state index contributed by atoms with van der Waals surface area (Å²) in [4.78, 5) is 25.7. The Hall–Kier alpha value is -1.61. The fourth-order valence-corrected chi connectivity index (χ4v) is 2.05. The van der Waals surface area contributed by atoms with Gasteiger partial charge in [0.1, 0.15) is 0 Å². The zero-order valence-electron chi connectivity index (χ0n) is 11.9. The van der Waals surface area contributed by atoms with Crippen LogP contribution in [0.2, 0.25) is 5.02 Å². The zero-order valence-corrected chi connectivity index (χ0v) is 12.7. The van der Waals surface area contributed by atoms with Crippen molar-refractivity contribution in [1.29, 1.82) is 0 Å². The van der Waals surface area contributed by atoms with Crippen molar-refractivity contribution in [3.05, 3.63) is 47.0 Å². The van der Waals surface area contributed by atoms with Gasteiger partial charge in [0.25, 0.3) is 0 Å². The van der Waals surface area contributed by atoms with E-state index in [-0.39, 0.29) is 11.7 Å². The summed E-state index contributed by atoms with van der Waals surface area (Å²) in [5.41, 5.74) is 0.485. The second kappa shape index (κ2) is 8.54. The summed E-state index contributed by atoms with van der Waals surface area (Å²) in [5.74, 6) is -0.335. The molecule has 0 saturated carbocycles. The molecule has 0 aliphatic carbocycles. The first kappa shape index (κ1) is 16.4. The van der Waals surface area contributed by atoms with E-state index in [0.717, 1.165) is 12.8 Å². The average molecular weight is 294 g/mol. The third-order valence-electron chi connectivity index (χ3n) is 2.79. The van der Waals surface area contributed by atoms with E-state index in [4.69, 9.17) is 11.6 Å². The van der Waals surface area contributed by atoms with E-state index in [1.165, 1.54) is 12.2 Å². The zero-order chi connectivity index (χ0) is 15.0. The first-order valence-electron chi connectivity index (χ1n) is 6.85. The van der Waals surface area contributed by atoms with Crippen LogP contribution in [0.3, 0.4) is 0 Å². The van der Waals surface area contributed by atoms with Gasteiger partial charge in [0.05, 0.1) is 0 Å². The molecule has 1 rings (SSSR count). The smallest absolute Gasteiger partial charge is 0.246 e. The van der Waals surface area contributed by atoms with E-state index in [9.17, 15) is 9.59 Å². The Labute approximate surface area is 125 Å². The molecular weight excluding hydrogens is 274 g/mol. The molecule has 0 N–H and O–H groups in total. The molecule has 0 saturated heterocycles. The third-order valence-corrected chi connectivity index (χ3v) is 3.02. The van der Waals surface area contributed by atoms with Gasteiger partial charge < -0.3 is 4.90 Å². The number of ketones is 1. The molecule has 0 aromatic heterocycles. The van der Waals surface area contributed by atoms with E-state index >= 15 is 0 Å². The lowest BCUT2D eigenvalue weighted by molar-refractivity contribution is -0.126. The molecule has 3 nitrogen and oxygen atoms in total. The predicted molar refractivity (Wildman–Crippen MR) is 82.1 cm³/mol. The van der Waals surface area contributed by atoms with Crippen LogP contribution >= 0.6 is 11.6 Å². The van der Waals surface area contributed by atoms with Gasteiger partial charge in [-0.2, -0.15) is 0 Å². The average Bonchev–Trinajstić information content (AvgIpc) is 2.44. The van der Waals surface area contributed by atoms with Gasteiger partial charge >= 0.3 is 0 Å². The van der Waals surface area contributed by atoms with Crippen molar-refractivity contribution in [1.82, 2.24) is 4.90 Å². The van der Waals surface area contributed by atoms with Crippen LogP contribution in [0.4, 0.5) is 0 Å². The highest BCUT2D eigenvalue weighted by molar-refractivity contribution is 6.31. The highest BCUT2D eigenvalue weighted by Gasteiger charge is 2.09. The largest absolute Gasteiger partial charge is 0.339 e. The van der Waals surface area contributed by atoms with Crippen LogP contribution in [0.25, 0.3) is 0 Å². The van der Waals surface area contributed by atoms with E-state index < -0.39 is 0 Å². The maximum atomic E-state index is 12.0. The molecule has 1 aromatic carbocycles. The summed E-state index contributed by atoms with van der Waals surface area (Å²) < 4.78 is 0. The summed E-state index contributed by atoms with van der Waals surface area (Å²) in [5, 5.41) is 0.508. The molecular formula is C16H20ClNO2. The van der Waals surface area contributed by atoms with Crippen molar-refractivity contribution >= 4 is 23.3 Å². The lowest BCUT2D eigenvalue weighted by Gasteiger charge is -2.19. The van der Waals surface area contributed by atoms with Gasteiger partial charge in [-0.1, -0.05) is 37.6 Å². The molecule has 0 unspecified atom stereocenters. The molecule has 1 amide bonds. The first-order valence-corrected chi connectivity index (χ1v) is 7.23. The molecule has 4 heteroatoms. The highest BCUT2D eigenvalue weighted by Crippen LogP contribution is 2.11. The quantitative estimate of drug-likeness (QED) is 0.567. The van der Waals surface area contributed by atoms with Gasteiger partial charge in [-0.05, 0) is 31.1 Å². The number of carbonyl (C=O) groups is 2. The number of nitrogens with zero attached hydrogens (tertiary/aromatic N) is 1. The van der Waals surface area contributed by atoms with Crippen LogP contribution in [0, 0.1) is 0 Å². The molecule has 0 radical (unpaired) electrons. The Bertz CT molecular complexity index is 491. The second-order valence-corrected chi connectivity index (χ2v) is 4.97. The monoisotopic (exact) mass is 293 g/mol. The van der Waals surface area contributed by atoms with Crippen molar-refractivity contribution in [2.45, 2.75) is 26.7 Å². The van der Waals surface area contributed by atoms with Crippen LogP contribution in [-0.2, 0) is 4.79 Å². The molecule has 0 spiro atoms. The minimum atomic E-state index is -0.214. The highest BCUT2D eigenvalue weighted by atomic mass is 35.5. The van der Waals surface area contributed by atoms with E-state index in [0.29, 0.717) is 23.7 Å². The molecule has 1 aromatic rings. The van der Waals surface area contributed by atoms with Gasteiger partial charge in [-0.3, -0.25) is 9.59 Å². The van der Waals surface area contributed by atoms with E-state index in [1.807, 2.05) is 13.8 Å². The van der Waals surface area contributed by atoms with Gasteiger partial charge in [0, 0.05) is 29.8 Å². The lowest BCUT2D eigenvalue weighted by Crippen LogP contribution is -2.31. The molecule has 0 aliphatic heterocycles. The lowest BCUT2D eigenvalue weighted by atomic mass is 10.1. The Morgan fingerprint density at radius 3 is 2.35 bits per heavy atom. The van der Waals surface area contributed by atoms with E-state index in [1.54, 1.807) is 29.2 Å². The van der Waals surface area contributed by atoms with Gasteiger partial charge in [-0.25, -0.2) is 0 Å². The van der Waals surface area contributed by atoms with Gasteiger partial charge in [0.15, 0.2) is 5.78 Å².